The molecule has 0 aliphatic rings. The number of nitrogens with zero attached hydrogens (tertiary/aromatic N) is 1. The molecule has 3 heteroatoms. The molecule has 0 bridgehead atoms. The first-order valence-electron chi connectivity index (χ1n) is 4.77. The van der Waals surface area contributed by atoms with Gasteiger partial charge in [0.25, 0.3) is 0 Å². The van der Waals surface area contributed by atoms with E-state index in [1.807, 2.05) is 12.1 Å². The van der Waals surface area contributed by atoms with Gasteiger partial charge in [0.1, 0.15) is 0 Å². The quantitative estimate of drug-likeness (QED) is 0.681. The highest BCUT2D eigenvalue weighted by Crippen LogP contribution is 2.18. The Morgan fingerprint density at radius 3 is 2.62 bits per heavy atom. The van der Waals surface area contributed by atoms with E-state index < -0.39 is 0 Å². The van der Waals surface area contributed by atoms with Crippen molar-refractivity contribution in [1.29, 1.82) is 5.26 Å². The minimum Gasteiger partial charge on any atom is -0.465 e. The van der Waals surface area contributed by atoms with E-state index in [-0.39, 0.29) is 5.97 Å². The van der Waals surface area contributed by atoms with Gasteiger partial charge in [-0.1, -0.05) is 12.1 Å². The summed E-state index contributed by atoms with van der Waals surface area (Å²) in [6, 6.07) is 12.7. The molecule has 2 rings (SSSR count). The molecule has 0 unspecified atom stereocenters. The van der Waals surface area contributed by atoms with E-state index in [2.05, 4.69) is 10.8 Å². The largest absolute Gasteiger partial charge is 0.465 e. The van der Waals surface area contributed by atoms with Crippen LogP contribution in [0.5, 0.6) is 0 Å². The molecule has 0 fully saturated rings. The summed E-state index contributed by atoms with van der Waals surface area (Å²) in [4.78, 5) is 11.3. The van der Waals surface area contributed by atoms with E-state index >= 15 is 0 Å². The Kier molecular flexibility index (Phi) is 2.57. The summed E-state index contributed by atoms with van der Waals surface area (Å²) in [5.41, 5.74) is 1.07. The summed E-state index contributed by atoms with van der Waals surface area (Å²) >= 11 is 0. The average Bonchev–Trinajstić information content (AvgIpc) is 2.36. The molecule has 0 N–H and O–H groups in total. The molecule has 0 amide bonds. The highest BCUT2D eigenvalue weighted by atomic mass is 16.5. The fraction of sp³-hybridized carbons (Fsp3) is 0.0769. The molecule has 0 saturated heterocycles. The third kappa shape index (κ3) is 1.73. The van der Waals surface area contributed by atoms with Gasteiger partial charge in [0.15, 0.2) is 0 Å². The van der Waals surface area contributed by atoms with Crippen molar-refractivity contribution in [2.45, 2.75) is 0 Å². The number of carbonyl (C=O) groups is 1. The fourth-order valence-electron chi connectivity index (χ4n) is 1.56. The zero-order valence-corrected chi connectivity index (χ0v) is 8.73. The molecule has 0 aliphatic carbocycles. The Balaban J connectivity index is 2.60. The molecule has 0 heterocycles. The van der Waals surface area contributed by atoms with Gasteiger partial charge in [-0.05, 0) is 35.0 Å². The number of carbonyl (C=O) groups excluding carboxylic acids is 1. The van der Waals surface area contributed by atoms with Crippen molar-refractivity contribution in [3.63, 3.8) is 0 Å². The van der Waals surface area contributed by atoms with Crippen LogP contribution in [0.3, 0.4) is 0 Å². The second-order valence-electron chi connectivity index (χ2n) is 3.38. The average molecular weight is 211 g/mol. The van der Waals surface area contributed by atoms with Crippen molar-refractivity contribution in [1.82, 2.24) is 0 Å². The Morgan fingerprint density at radius 1 is 1.19 bits per heavy atom. The van der Waals surface area contributed by atoms with Crippen LogP contribution in [0.4, 0.5) is 0 Å². The SMILES string of the molecule is COC(=O)c1ccc2ccc(C#N)cc2c1. The minimum atomic E-state index is -0.371. The number of benzene rings is 2. The van der Waals surface area contributed by atoms with Gasteiger partial charge in [-0.2, -0.15) is 5.26 Å². The van der Waals surface area contributed by atoms with Gasteiger partial charge in [-0.15, -0.1) is 0 Å². The Labute approximate surface area is 92.9 Å². The molecule has 2 aromatic carbocycles. The maximum atomic E-state index is 11.3. The van der Waals surface area contributed by atoms with E-state index in [0.717, 1.165) is 10.8 Å². The molecule has 0 radical (unpaired) electrons. The van der Waals surface area contributed by atoms with Gasteiger partial charge in [0.05, 0.1) is 24.3 Å². The topological polar surface area (TPSA) is 50.1 Å². The van der Waals surface area contributed by atoms with Crippen LogP contribution in [0.25, 0.3) is 10.8 Å². The Hall–Kier alpha value is -2.34. The molecule has 78 valence electrons. The first-order valence-corrected chi connectivity index (χ1v) is 4.77. The molecular formula is C13H9NO2. The highest BCUT2D eigenvalue weighted by molar-refractivity contribution is 5.95. The summed E-state index contributed by atoms with van der Waals surface area (Å²) in [5.74, 6) is -0.371. The smallest absolute Gasteiger partial charge is 0.337 e. The van der Waals surface area contributed by atoms with Crippen molar-refractivity contribution in [3.8, 4) is 6.07 Å². The lowest BCUT2D eigenvalue weighted by atomic mass is 10.0. The Morgan fingerprint density at radius 2 is 1.94 bits per heavy atom. The van der Waals surface area contributed by atoms with Gasteiger partial charge >= 0.3 is 5.97 Å². The Bertz CT molecular complexity index is 596. The lowest BCUT2D eigenvalue weighted by Gasteiger charge is -2.02. The fourth-order valence-corrected chi connectivity index (χ4v) is 1.56. The van der Waals surface area contributed by atoms with Crippen molar-refractivity contribution < 1.29 is 9.53 Å². The zero-order valence-electron chi connectivity index (χ0n) is 8.73. The molecule has 0 saturated carbocycles. The zero-order chi connectivity index (χ0) is 11.5. The molecule has 2 aromatic rings. The lowest BCUT2D eigenvalue weighted by molar-refractivity contribution is 0.0601. The first-order chi connectivity index (χ1) is 7.74. The number of ether oxygens (including phenoxy) is 1. The summed E-state index contributed by atoms with van der Waals surface area (Å²) in [5, 5.41) is 10.6. The van der Waals surface area contributed by atoms with Crippen molar-refractivity contribution in [2.24, 2.45) is 0 Å². The van der Waals surface area contributed by atoms with E-state index in [1.54, 1.807) is 24.3 Å². The van der Waals surface area contributed by atoms with Crippen LogP contribution in [0.15, 0.2) is 36.4 Å². The van der Waals surface area contributed by atoms with Crippen LogP contribution in [0.1, 0.15) is 15.9 Å². The predicted molar refractivity (Wildman–Crippen MR) is 60.0 cm³/mol. The molecule has 0 atom stereocenters. The van der Waals surface area contributed by atoms with E-state index in [0.29, 0.717) is 11.1 Å². The number of methoxy groups -OCH3 is 1. The van der Waals surface area contributed by atoms with Gasteiger partial charge in [-0.3, -0.25) is 0 Å². The van der Waals surface area contributed by atoms with Crippen LogP contribution in [-0.2, 0) is 4.74 Å². The standard InChI is InChI=1S/C13H9NO2/c1-16-13(15)11-5-4-10-3-2-9(8-14)6-12(10)7-11/h2-7H,1H3. The lowest BCUT2D eigenvalue weighted by Crippen LogP contribution is -2.00. The molecular weight excluding hydrogens is 202 g/mol. The molecule has 0 spiro atoms. The highest BCUT2D eigenvalue weighted by Gasteiger charge is 2.05. The summed E-state index contributed by atoms with van der Waals surface area (Å²) < 4.78 is 4.64. The first kappa shape index (κ1) is 10.2. The van der Waals surface area contributed by atoms with Crippen molar-refractivity contribution in [2.75, 3.05) is 7.11 Å². The minimum absolute atomic E-state index is 0.371. The van der Waals surface area contributed by atoms with Gasteiger partial charge in [0, 0.05) is 0 Å². The maximum Gasteiger partial charge on any atom is 0.337 e. The van der Waals surface area contributed by atoms with E-state index in [9.17, 15) is 4.79 Å². The number of rotatable bonds is 1. The third-order valence-corrected chi connectivity index (χ3v) is 2.39. The number of hydrogen-bond donors (Lipinski definition) is 0. The molecule has 0 aliphatic heterocycles. The van der Waals surface area contributed by atoms with Crippen LogP contribution < -0.4 is 0 Å². The third-order valence-electron chi connectivity index (χ3n) is 2.39. The molecule has 3 nitrogen and oxygen atoms in total. The second kappa shape index (κ2) is 4.03. The van der Waals surface area contributed by atoms with Gasteiger partial charge in [-0.25, -0.2) is 4.79 Å². The van der Waals surface area contributed by atoms with E-state index in [1.165, 1.54) is 7.11 Å². The molecule has 0 aromatic heterocycles. The van der Waals surface area contributed by atoms with Crippen LogP contribution in [0, 0.1) is 11.3 Å². The number of fused-ring (bicyclic) bond motifs is 1. The van der Waals surface area contributed by atoms with Gasteiger partial charge < -0.3 is 4.74 Å². The summed E-state index contributed by atoms with van der Waals surface area (Å²) in [6.45, 7) is 0. The number of hydrogen-bond acceptors (Lipinski definition) is 3. The van der Waals surface area contributed by atoms with Crippen molar-refractivity contribution >= 4 is 16.7 Å². The number of nitriles is 1. The van der Waals surface area contributed by atoms with Crippen LogP contribution >= 0.6 is 0 Å². The monoisotopic (exact) mass is 211 g/mol. The van der Waals surface area contributed by atoms with Crippen LogP contribution in [0.2, 0.25) is 0 Å². The van der Waals surface area contributed by atoms with E-state index in [4.69, 9.17) is 5.26 Å². The maximum absolute atomic E-state index is 11.3. The molecule has 16 heavy (non-hydrogen) atoms. The predicted octanol–water partition coefficient (Wildman–Crippen LogP) is 2.50. The van der Waals surface area contributed by atoms with Crippen LogP contribution in [-0.4, -0.2) is 13.1 Å². The second-order valence-corrected chi connectivity index (χ2v) is 3.38. The number of esters is 1. The normalized spacial score (nSPS) is 9.75. The van der Waals surface area contributed by atoms with Crippen molar-refractivity contribution in [3.05, 3.63) is 47.5 Å². The summed E-state index contributed by atoms with van der Waals surface area (Å²) in [6.07, 6.45) is 0. The summed E-state index contributed by atoms with van der Waals surface area (Å²) in [7, 11) is 1.35. The van der Waals surface area contributed by atoms with Gasteiger partial charge in [0.2, 0.25) is 0 Å².